The average molecular weight is 128 g/mol. The van der Waals surface area contributed by atoms with E-state index in [0.717, 1.165) is 6.42 Å². The first-order chi connectivity index (χ1) is 4.20. The fraction of sp³-hybridized carbons (Fsp3) is 0.857. The summed E-state index contributed by atoms with van der Waals surface area (Å²) in [5.41, 5.74) is 0. The van der Waals surface area contributed by atoms with E-state index in [9.17, 15) is 4.79 Å². The Hall–Kier alpha value is -0.530. The number of cyclic esters (lactones) is 1. The number of ether oxygens (including phenoxy) is 1. The van der Waals surface area contributed by atoms with E-state index in [0.29, 0.717) is 12.5 Å². The van der Waals surface area contributed by atoms with E-state index in [4.69, 9.17) is 4.74 Å². The lowest BCUT2D eigenvalue weighted by molar-refractivity contribution is -0.154. The Kier molecular flexibility index (Phi) is 1.74. The van der Waals surface area contributed by atoms with Crippen molar-refractivity contribution < 1.29 is 9.53 Å². The predicted molar refractivity (Wildman–Crippen MR) is 33.9 cm³/mol. The summed E-state index contributed by atoms with van der Waals surface area (Å²) in [7, 11) is 0. The van der Waals surface area contributed by atoms with Crippen molar-refractivity contribution in [2.75, 3.05) is 6.61 Å². The summed E-state index contributed by atoms with van der Waals surface area (Å²) in [6, 6.07) is 0. The smallest absolute Gasteiger partial charge is 0.308 e. The zero-order chi connectivity index (χ0) is 6.85. The van der Waals surface area contributed by atoms with Crippen molar-refractivity contribution in [1.82, 2.24) is 0 Å². The summed E-state index contributed by atoms with van der Waals surface area (Å²) in [5, 5.41) is 0. The zero-order valence-corrected chi connectivity index (χ0v) is 5.89. The van der Waals surface area contributed by atoms with E-state index in [-0.39, 0.29) is 11.9 Å². The monoisotopic (exact) mass is 128 g/mol. The normalized spacial score (nSPS) is 36.0. The van der Waals surface area contributed by atoms with Gasteiger partial charge in [0.25, 0.3) is 0 Å². The van der Waals surface area contributed by atoms with Crippen LogP contribution in [0.1, 0.15) is 20.3 Å². The summed E-state index contributed by atoms with van der Waals surface area (Å²) < 4.78 is 4.86. The number of esters is 1. The quantitative estimate of drug-likeness (QED) is 0.458. The Balaban J connectivity index is 2.44. The number of rotatable bonds is 0. The van der Waals surface area contributed by atoms with E-state index in [1.54, 1.807) is 0 Å². The second-order valence-corrected chi connectivity index (χ2v) is 2.87. The second-order valence-electron chi connectivity index (χ2n) is 2.87. The Labute approximate surface area is 55.2 Å². The fourth-order valence-corrected chi connectivity index (χ4v) is 1.13. The largest absolute Gasteiger partial charge is 0.465 e. The van der Waals surface area contributed by atoms with Gasteiger partial charge in [-0.1, -0.05) is 13.8 Å². The molecule has 1 heterocycles. The molecular weight excluding hydrogens is 116 g/mol. The third kappa shape index (κ3) is 1.44. The Morgan fingerprint density at radius 1 is 1.56 bits per heavy atom. The minimum atomic E-state index is -0.0342. The van der Waals surface area contributed by atoms with Crippen LogP contribution in [0, 0.1) is 11.8 Å². The molecule has 1 aliphatic heterocycles. The number of hydrogen-bond acceptors (Lipinski definition) is 2. The molecule has 0 aromatic rings. The van der Waals surface area contributed by atoms with Crippen molar-refractivity contribution in [3.05, 3.63) is 0 Å². The second kappa shape index (κ2) is 2.38. The average Bonchev–Trinajstić information content (AvgIpc) is 1.80. The van der Waals surface area contributed by atoms with Crippen molar-refractivity contribution in [3.8, 4) is 0 Å². The third-order valence-corrected chi connectivity index (χ3v) is 1.67. The Morgan fingerprint density at radius 3 is 2.67 bits per heavy atom. The highest BCUT2D eigenvalue weighted by Gasteiger charge is 2.23. The molecule has 0 N–H and O–H groups in total. The lowest BCUT2D eigenvalue weighted by Crippen LogP contribution is -2.26. The van der Waals surface area contributed by atoms with Crippen molar-refractivity contribution >= 4 is 5.97 Å². The topological polar surface area (TPSA) is 26.3 Å². The molecule has 52 valence electrons. The van der Waals surface area contributed by atoms with E-state index in [2.05, 4.69) is 6.92 Å². The molecule has 0 radical (unpaired) electrons. The van der Waals surface area contributed by atoms with Crippen LogP contribution >= 0.6 is 0 Å². The van der Waals surface area contributed by atoms with Gasteiger partial charge in [0.05, 0.1) is 12.5 Å². The van der Waals surface area contributed by atoms with Crippen LogP contribution in [0.25, 0.3) is 0 Å². The van der Waals surface area contributed by atoms with Gasteiger partial charge in [-0.2, -0.15) is 0 Å². The third-order valence-electron chi connectivity index (χ3n) is 1.67. The van der Waals surface area contributed by atoms with Crippen LogP contribution in [-0.2, 0) is 9.53 Å². The molecule has 1 saturated heterocycles. The van der Waals surface area contributed by atoms with Gasteiger partial charge >= 0.3 is 5.97 Å². The lowest BCUT2D eigenvalue weighted by Gasteiger charge is -2.22. The SMILES string of the molecule is CC1COC(=O)C(C)C1. The van der Waals surface area contributed by atoms with Crippen molar-refractivity contribution in [3.63, 3.8) is 0 Å². The van der Waals surface area contributed by atoms with Gasteiger partial charge in [0.2, 0.25) is 0 Å². The highest BCUT2D eigenvalue weighted by Crippen LogP contribution is 2.18. The summed E-state index contributed by atoms with van der Waals surface area (Å²) in [6.45, 7) is 4.63. The van der Waals surface area contributed by atoms with E-state index in [1.165, 1.54) is 0 Å². The molecule has 1 fully saturated rings. The molecule has 9 heavy (non-hydrogen) atoms. The number of carbonyl (C=O) groups is 1. The molecular formula is C7H12O2. The number of carbonyl (C=O) groups excluding carboxylic acids is 1. The van der Waals surface area contributed by atoms with Crippen LogP contribution < -0.4 is 0 Å². The van der Waals surface area contributed by atoms with E-state index < -0.39 is 0 Å². The molecule has 2 nitrogen and oxygen atoms in total. The molecule has 2 atom stereocenters. The molecule has 0 bridgehead atoms. The fourth-order valence-electron chi connectivity index (χ4n) is 1.13. The summed E-state index contributed by atoms with van der Waals surface area (Å²) in [4.78, 5) is 10.7. The van der Waals surface area contributed by atoms with Gasteiger partial charge < -0.3 is 4.74 Å². The van der Waals surface area contributed by atoms with Crippen molar-refractivity contribution in [2.24, 2.45) is 11.8 Å². The molecule has 0 saturated carbocycles. The molecule has 2 unspecified atom stereocenters. The van der Waals surface area contributed by atoms with E-state index >= 15 is 0 Å². The van der Waals surface area contributed by atoms with Gasteiger partial charge in [-0.3, -0.25) is 4.79 Å². The summed E-state index contributed by atoms with van der Waals surface area (Å²) in [5.74, 6) is 0.638. The maximum Gasteiger partial charge on any atom is 0.308 e. The van der Waals surface area contributed by atoms with Crippen LogP contribution in [0.5, 0.6) is 0 Å². The van der Waals surface area contributed by atoms with Gasteiger partial charge in [0, 0.05) is 0 Å². The number of hydrogen-bond donors (Lipinski definition) is 0. The van der Waals surface area contributed by atoms with Crippen molar-refractivity contribution in [2.45, 2.75) is 20.3 Å². The first kappa shape index (κ1) is 6.59. The van der Waals surface area contributed by atoms with Crippen molar-refractivity contribution in [1.29, 1.82) is 0 Å². The van der Waals surface area contributed by atoms with Gasteiger partial charge in [0.15, 0.2) is 0 Å². The van der Waals surface area contributed by atoms with Crippen LogP contribution in [0.3, 0.4) is 0 Å². The molecule has 0 amide bonds. The minimum Gasteiger partial charge on any atom is -0.465 e. The standard InChI is InChI=1S/C7H12O2/c1-5-3-6(2)7(8)9-4-5/h5-6H,3-4H2,1-2H3. The van der Waals surface area contributed by atoms with Crippen LogP contribution in [0.15, 0.2) is 0 Å². The highest BCUT2D eigenvalue weighted by molar-refractivity contribution is 5.72. The molecule has 0 aromatic carbocycles. The Morgan fingerprint density at radius 2 is 2.22 bits per heavy atom. The molecule has 0 aromatic heterocycles. The molecule has 0 spiro atoms. The maximum atomic E-state index is 10.7. The van der Waals surface area contributed by atoms with Gasteiger partial charge in [-0.15, -0.1) is 0 Å². The minimum absolute atomic E-state index is 0.0342. The summed E-state index contributed by atoms with van der Waals surface area (Å²) >= 11 is 0. The molecule has 2 heteroatoms. The lowest BCUT2D eigenvalue weighted by atomic mass is 9.96. The summed E-state index contributed by atoms with van der Waals surface area (Å²) in [6.07, 6.45) is 0.985. The first-order valence-electron chi connectivity index (χ1n) is 3.37. The predicted octanol–water partition coefficient (Wildman–Crippen LogP) is 1.21. The van der Waals surface area contributed by atoms with Crippen LogP contribution in [0.2, 0.25) is 0 Å². The Bertz CT molecular complexity index is 120. The van der Waals surface area contributed by atoms with Crippen LogP contribution in [0.4, 0.5) is 0 Å². The zero-order valence-electron chi connectivity index (χ0n) is 5.89. The molecule has 1 rings (SSSR count). The molecule has 0 aliphatic carbocycles. The maximum absolute atomic E-state index is 10.7. The van der Waals surface area contributed by atoms with Gasteiger partial charge in [-0.25, -0.2) is 0 Å². The first-order valence-corrected chi connectivity index (χ1v) is 3.37. The van der Waals surface area contributed by atoms with E-state index in [1.807, 2.05) is 6.92 Å². The van der Waals surface area contributed by atoms with Crippen LogP contribution in [-0.4, -0.2) is 12.6 Å². The van der Waals surface area contributed by atoms with Gasteiger partial charge in [-0.05, 0) is 12.3 Å². The molecule has 1 aliphatic rings. The highest BCUT2D eigenvalue weighted by atomic mass is 16.5. The van der Waals surface area contributed by atoms with Gasteiger partial charge in [0.1, 0.15) is 0 Å².